The minimum atomic E-state index is -0.745. The zero-order chi connectivity index (χ0) is 10.1. The Labute approximate surface area is 77.0 Å². The number of carbonyl (C=O) groups excluding carboxylic acids is 1. The second-order valence-electron chi connectivity index (χ2n) is 3.13. The first-order valence-corrected chi connectivity index (χ1v) is 3.94. The van der Waals surface area contributed by atoms with Gasteiger partial charge in [0.1, 0.15) is 12.5 Å². The van der Waals surface area contributed by atoms with E-state index >= 15 is 0 Å². The molecule has 0 spiro atoms. The number of hydrogen-bond acceptors (Lipinski definition) is 4. The molecule has 0 aromatic heterocycles. The number of hydrazone groups is 1. The summed E-state index contributed by atoms with van der Waals surface area (Å²) in [6.45, 7) is 3.51. The Morgan fingerprint density at radius 2 is 2.38 bits per heavy atom. The van der Waals surface area contributed by atoms with Crippen molar-refractivity contribution in [2.45, 2.75) is 13.8 Å². The summed E-state index contributed by atoms with van der Waals surface area (Å²) in [4.78, 5) is 16.2. The lowest BCUT2D eigenvalue weighted by molar-refractivity contribution is -0.131. The van der Waals surface area contributed by atoms with E-state index in [-0.39, 0.29) is 5.91 Å². The zero-order valence-electron chi connectivity index (χ0n) is 8.24. The fourth-order valence-electron chi connectivity index (χ4n) is 1.13. The van der Waals surface area contributed by atoms with Gasteiger partial charge in [0.2, 0.25) is 0 Å². The first-order chi connectivity index (χ1) is 6.02. The third kappa shape index (κ3) is 1.41. The number of rotatable bonds is 2. The Morgan fingerprint density at radius 3 is 2.77 bits per heavy atom. The molecule has 1 amide bonds. The van der Waals surface area contributed by atoms with Crippen molar-refractivity contribution in [2.75, 3.05) is 14.2 Å². The predicted molar refractivity (Wildman–Crippen MR) is 49.5 cm³/mol. The summed E-state index contributed by atoms with van der Waals surface area (Å²) in [7, 11) is 3.07. The molecule has 0 radical (unpaired) electrons. The molecule has 5 heteroatoms. The van der Waals surface area contributed by atoms with E-state index in [1.54, 1.807) is 27.1 Å². The van der Waals surface area contributed by atoms with E-state index in [9.17, 15) is 4.79 Å². The monoisotopic (exact) mass is 183 g/mol. The summed E-state index contributed by atoms with van der Waals surface area (Å²) in [5.41, 5.74) is -0.141. The van der Waals surface area contributed by atoms with E-state index in [2.05, 4.69) is 15.1 Å². The average Bonchev–Trinajstić information content (AvgIpc) is 2.35. The van der Waals surface area contributed by atoms with Gasteiger partial charge in [-0.2, -0.15) is 5.10 Å². The van der Waals surface area contributed by atoms with Gasteiger partial charge in [0.15, 0.2) is 0 Å². The molecule has 1 unspecified atom stereocenters. The van der Waals surface area contributed by atoms with Gasteiger partial charge >= 0.3 is 0 Å². The number of hydrogen-bond donors (Lipinski definition) is 0. The van der Waals surface area contributed by atoms with Gasteiger partial charge in [-0.05, 0) is 13.8 Å². The third-order valence-electron chi connectivity index (χ3n) is 2.21. The maximum absolute atomic E-state index is 11.6. The molecule has 5 nitrogen and oxygen atoms in total. The van der Waals surface area contributed by atoms with Gasteiger partial charge in [-0.15, -0.1) is 0 Å². The molecule has 0 aromatic rings. The average molecular weight is 183 g/mol. The Bertz CT molecular complexity index is 285. The van der Waals surface area contributed by atoms with Gasteiger partial charge in [-0.25, -0.2) is 5.01 Å². The first-order valence-electron chi connectivity index (χ1n) is 3.94. The van der Waals surface area contributed by atoms with Crippen molar-refractivity contribution in [2.24, 2.45) is 15.7 Å². The topological polar surface area (TPSA) is 54.3 Å². The lowest BCUT2D eigenvalue weighted by Crippen LogP contribution is -2.38. The quantitative estimate of drug-likeness (QED) is 0.461. The highest BCUT2D eigenvalue weighted by Crippen LogP contribution is 2.24. The van der Waals surface area contributed by atoms with Crippen LogP contribution in [0.1, 0.15) is 13.8 Å². The molecule has 1 atom stereocenters. The van der Waals surface area contributed by atoms with Gasteiger partial charge in [-0.3, -0.25) is 4.79 Å². The molecule has 0 bridgehead atoms. The maximum Gasteiger partial charge on any atom is 0.259 e. The minimum absolute atomic E-state index is 0.0919. The Hall–Kier alpha value is -1.39. The molecular weight excluding hydrogens is 170 g/mol. The largest absolute Gasteiger partial charge is 0.399 e. The highest BCUT2D eigenvalue weighted by molar-refractivity contribution is 6.21. The molecule has 0 aliphatic carbocycles. The van der Waals surface area contributed by atoms with Crippen molar-refractivity contribution in [3.8, 4) is 0 Å². The molecule has 0 N–H and O–H groups in total. The van der Waals surface area contributed by atoms with Crippen molar-refractivity contribution in [3.05, 3.63) is 0 Å². The van der Waals surface area contributed by atoms with Crippen LogP contribution in [0.5, 0.6) is 0 Å². The minimum Gasteiger partial charge on any atom is -0.399 e. The molecule has 1 rings (SSSR count). The van der Waals surface area contributed by atoms with Crippen LogP contribution >= 0.6 is 0 Å². The van der Waals surface area contributed by atoms with Crippen molar-refractivity contribution in [1.82, 2.24) is 5.01 Å². The summed E-state index contributed by atoms with van der Waals surface area (Å²) in [5.74, 6) is -0.0919. The van der Waals surface area contributed by atoms with E-state index < -0.39 is 5.41 Å². The van der Waals surface area contributed by atoms with E-state index in [1.165, 1.54) is 12.1 Å². The van der Waals surface area contributed by atoms with Crippen molar-refractivity contribution in [1.29, 1.82) is 0 Å². The summed E-state index contributed by atoms with van der Waals surface area (Å²) in [6.07, 6.45) is 1.58. The molecular formula is C8H13N3O2. The highest BCUT2D eigenvalue weighted by atomic mass is 16.6. The number of amides is 1. The summed E-state index contributed by atoms with van der Waals surface area (Å²) in [5, 5.41) is 8.94. The van der Waals surface area contributed by atoms with Crippen LogP contribution in [-0.4, -0.2) is 37.0 Å². The molecule has 13 heavy (non-hydrogen) atoms. The van der Waals surface area contributed by atoms with E-state index in [0.717, 1.165) is 0 Å². The highest BCUT2D eigenvalue weighted by Gasteiger charge is 2.42. The third-order valence-corrected chi connectivity index (χ3v) is 2.21. The van der Waals surface area contributed by atoms with Crippen LogP contribution in [0.25, 0.3) is 0 Å². The Balaban J connectivity index is 2.97. The van der Waals surface area contributed by atoms with Crippen molar-refractivity contribution in [3.63, 3.8) is 0 Å². The molecule has 72 valence electrons. The molecule has 0 saturated carbocycles. The Kier molecular flexibility index (Phi) is 2.36. The van der Waals surface area contributed by atoms with Crippen LogP contribution in [0.3, 0.4) is 0 Å². The lowest BCUT2D eigenvalue weighted by Gasteiger charge is -2.18. The van der Waals surface area contributed by atoms with Gasteiger partial charge in [0.25, 0.3) is 5.91 Å². The fourth-order valence-corrected chi connectivity index (χ4v) is 1.13. The van der Waals surface area contributed by atoms with Crippen molar-refractivity contribution < 1.29 is 9.63 Å². The number of oxime groups is 1. The van der Waals surface area contributed by atoms with Crippen LogP contribution in [0, 0.1) is 5.41 Å². The van der Waals surface area contributed by atoms with Crippen LogP contribution in [0.15, 0.2) is 10.3 Å². The standard InChI is InChI=1S/C8H13N3O2/c1-6(10-13-4)8(2)5-9-11(3)7(8)12/h5H,1-4H3/b10-6+. The second kappa shape index (κ2) is 3.16. The van der Waals surface area contributed by atoms with Crippen LogP contribution in [0.2, 0.25) is 0 Å². The van der Waals surface area contributed by atoms with Gasteiger partial charge in [0, 0.05) is 13.3 Å². The normalized spacial score (nSPS) is 28.5. The SMILES string of the molecule is CO/N=C(\C)C1(C)C=NN(C)C1=O. The van der Waals surface area contributed by atoms with E-state index in [4.69, 9.17) is 0 Å². The zero-order valence-corrected chi connectivity index (χ0v) is 8.24. The fraction of sp³-hybridized carbons (Fsp3) is 0.625. The summed E-state index contributed by atoms with van der Waals surface area (Å²) >= 11 is 0. The van der Waals surface area contributed by atoms with E-state index in [1.807, 2.05) is 0 Å². The van der Waals surface area contributed by atoms with Gasteiger partial charge < -0.3 is 4.84 Å². The smallest absolute Gasteiger partial charge is 0.259 e. The van der Waals surface area contributed by atoms with Gasteiger partial charge in [-0.1, -0.05) is 5.16 Å². The maximum atomic E-state index is 11.6. The molecule has 1 heterocycles. The van der Waals surface area contributed by atoms with Crippen LogP contribution < -0.4 is 0 Å². The molecule has 1 aliphatic heterocycles. The molecule has 0 fully saturated rings. The first kappa shape index (κ1) is 9.70. The summed E-state index contributed by atoms with van der Waals surface area (Å²) < 4.78 is 0. The van der Waals surface area contributed by atoms with Gasteiger partial charge in [0.05, 0.1) is 5.71 Å². The number of carbonyl (C=O) groups is 1. The lowest BCUT2D eigenvalue weighted by atomic mass is 9.87. The molecule has 1 aliphatic rings. The van der Waals surface area contributed by atoms with Crippen LogP contribution in [0.4, 0.5) is 0 Å². The number of nitrogens with zero attached hydrogens (tertiary/aromatic N) is 3. The summed E-state index contributed by atoms with van der Waals surface area (Å²) in [6, 6.07) is 0. The van der Waals surface area contributed by atoms with E-state index in [0.29, 0.717) is 5.71 Å². The van der Waals surface area contributed by atoms with Crippen LogP contribution in [-0.2, 0) is 9.63 Å². The van der Waals surface area contributed by atoms with Crippen molar-refractivity contribution >= 4 is 17.8 Å². The predicted octanol–water partition coefficient (Wildman–Crippen LogP) is 0.473. The molecule has 0 saturated heterocycles. The Morgan fingerprint density at radius 1 is 1.77 bits per heavy atom. The second-order valence-corrected chi connectivity index (χ2v) is 3.13. The molecule has 0 aromatic carbocycles.